The van der Waals surface area contributed by atoms with Crippen LogP contribution in [0.2, 0.25) is 0 Å². The molecule has 6 nitrogen and oxygen atoms in total. The van der Waals surface area contributed by atoms with Crippen LogP contribution in [0.1, 0.15) is 25.1 Å². The molecule has 4 aromatic rings. The van der Waals surface area contributed by atoms with Crippen molar-refractivity contribution < 1.29 is 21.2 Å². The molecule has 2 aromatic carbocycles. The number of rotatable bonds is 6. The molecule has 176 valence electrons. The minimum atomic E-state index is -4.09. The number of halogens is 1. The number of benzene rings is 2. The molecule has 0 bridgehead atoms. The van der Waals surface area contributed by atoms with E-state index in [4.69, 9.17) is 0 Å². The van der Waals surface area contributed by atoms with Crippen LogP contribution in [0.3, 0.4) is 0 Å². The summed E-state index contributed by atoms with van der Waals surface area (Å²) in [6, 6.07) is 17.0. The highest BCUT2D eigenvalue weighted by atomic mass is 32.2. The first-order valence-electron chi connectivity index (χ1n) is 10.5. The third-order valence-corrected chi connectivity index (χ3v) is 8.06. The predicted molar refractivity (Wildman–Crippen MR) is 130 cm³/mol. The van der Waals surface area contributed by atoms with E-state index in [-0.39, 0.29) is 21.4 Å². The lowest BCUT2D eigenvalue weighted by Gasteiger charge is -2.15. The molecule has 0 atom stereocenters. The van der Waals surface area contributed by atoms with Gasteiger partial charge in [0.15, 0.2) is 15.5 Å². The highest BCUT2D eigenvalue weighted by molar-refractivity contribution is 7.90. The zero-order chi connectivity index (χ0) is 24.7. The van der Waals surface area contributed by atoms with Gasteiger partial charge in [0.05, 0.1) is 21.7 Å². The number of allylic oxidation sites excluding steroid dienone is 1. The Kier molecular flexibility index (Phi) is 6.18. The van der Waals surface area contributed by atoms with Crippen LogP contribution in [0.15, 0.2) is 88.8 Å². The molecule has 34 heavy (non-hydrogen) atoms. The van der Waals surface area contributed by atoms with Gasteiger partial charge in [0.1, 0.15) is 5.82 Å². The van der Waals surface area contributed by atoms with Gasteiger partial charge in [0.2, 0.25) is 0 Å². The summed E-state index contributed by atoms with van der Waals surface area (Å²) in [6.45, 7) is 3.89. The third kappa shape index (κ3) is 4.53. The molecule has 0 amide bonds. The van der Waals surface area contributed by atoms with E-state index in [1.807, 2.05) is 19.9 Å². The standard InChI is InChI=1S/C25H23FN2O4S2/c1-17(2)13-23(18-9-11-21(12-10-18)33(3,29)30)24-15-19-14-20(26)16-27-25(19)28(24)34(31,32)22-7-5-4-6-8-22/h4-17H,1-3H3/b23-13+. The van der Waals surface area contributed by atoms with Crippen molar-refractivity contribution in [3.8, 4) is 0 Å². The van der Waals surface area contributed by atoms with E-state index in [1.165, 1.54) is 30.3 Å². The first-order valence-corrected chi connectivity index (χ1v) is 13.8. The molecule has 9 heteroatoms. The van der Waals surface area contributed by atoms with Gasteiger partial charge in [-0.2, -0.15) is 0 Å². The number of hydrogen-bond donors (Lipinski definition) is 0. The number of sulfone groups is 1. The van der Waals surface area contributed by atoms with E-state index in [1.54, 1.807) is 36.4 Å². The van der Waals surface area contributed by atoms with Crippen molar-refractivity contribution >= 4 is 36.5 Å². The Bertz CT molecular complexity index is 1600. The molecule has 0 aliphatic heterocycles. The van der Waals surface area contributed by atoms with Crippen molar-refractivity contribution in [3.63, 3.8) is 0 Å². The van der Waals surface area contributed by atoms with Crippen molar-refractivity contribution in [3.05, 3.63) is 96.1 Å². The van der Waals surface area contributed by atoms with E-state index < -0.39 is 25.7 Å². The van der Waals surface area contributed by atoms with Gasteiger partial charge < -0.3 is 0 Å². The largest absolute Gasteiger partial charge is 0.269 e. The van der Waals surface area contributed by atoms with Crippen LogP contribution in [-0.2, 0) is 19.9 Å². The van der Waals surface area contributed by atoms with Crippen LogP contribution in [0.4, 0.5) is 4.39 Å². The third-order valence-electron chi connectivity index (χ3n) is 5.22. The van der Waals surface area contributed by atoms with Gasteiger partial charge in [0, 0.05) is 17.2 Å². The van der Waals surface area contributed by atoms with Gasteiger partial charge in [-0.05, 0) is 47.9 Å². The van der Waals surface area contributed by atoms with Crippen LogP contribution < -0.4 is 0 Å². The van der Waals surface area contributed by atoms with Crippen LogP contribution in [0.5, 0.6) is 0 Å². The van der Waals surface area contributed by atoms with Crippen LogP contribution >= 0.6 is 0 Å². The quantitative estimate of drug-likeness (QED) is 0.377. The van der Waals surface area contributed by atoms with E-state index in [0.29, 0.717) is 22.2 Å². The summed E-state index contributed by atoms with van der Waals surface area (Å²) < 4.78 is 66.4. The Morgan fingerprint density at radius 2 is 1.59 bits per heavy atom. The Hall–Kier alpha value is -3.30. The lowest BCUT2D eigenvalue weighted by Crippen LogP contribution is -2.16. The molecule has 4 rings (SSSR count). The highest BCUT2D eigenvalue weighted by Gasteiger charge is 2.26. The van der Waals surface area contributed by atoms with Gasteiger partial charge in [-0.25, -0.2) is 30.2 Å². The average molecular weight is 499 g/mol. The molecule has 0 N–H and O–H groups in total. The Morgan fingerprint density at radius 3 is 2.18 bits per heavy atom. The fourth-order valence-corrected chi connectivity index (χ4v) is 5.85. The summed E-state index contributed by atoms with van der Waals surface area (Å²) in [4.78, 5) is 4.32. The topological polar surface area (TPSA) is 86.1 Å². The second kappa shape index (κ2) is 8.81. The maximum atomic E-state index is 14.0. The first kappa shape index (κ1) is 23.8. The number of aromatic nitrogens is 2. The fourth-order valence-electron chi connectivity index (χ4n) is 3.72. The molecule has 0 aliphatic carbocycles. The van der Waals surface area contributed by atoms with Gasteiger partial charge in [0.25, 0.3) is 10.0 Å². The summed E-state index contributed by atoms with van der Waals surface area (Å²) in [6.07, 6.45) is 3.99. The maximum Gasteiger partial charge on any atom is 0.269 e. The predicted octanol–water partition coefficient (Wildman–Crippen LogP) is 4.90. The molecular formula is C25H23FN2O4S2. The Labute approximate surface area is 198 Å². The second-order valence-corrected chi connectivity index (χ2v) is 12.1. The van der Waals surface area contributed by atoms with Gasteiger partial charge in [-0.3, -0.25) is 0 Å². The van der Waals surface area contributed by atoms with Crippen LogP contribution in [-0.4, -0.2) is 32.0 Å². The lowest BCUT2D eigenvalue weighted by molar-refractivity contribution is 0.587. The highest BCUT2D eigenvalue weighted by Crippen LogP contribution is 2.33. The van der Waals surface area contributed by atoms with E-state index >= 15 is 0 Å². The average Bonchev–Trinajstić information content (AvgIpc) is 3.16. The molecule has 2 aromatic heterocycles. The summed E-state index contributed by atoms with van der Waals surface area (Å²) >= 11 is 0. The zero-order valence-corrected chi connectivity index (χ0v) is 20.4. The minimum absolute atomic E-state index is 0.0279. The van der Waals surface area contributed by atoms with Crippen LogP contribution in [0.25, 0.3) is 16.6 Å². The number of nitrogens with zero attached hydrogens (tertiary/aromatic N) is 2. The summed E-state index contributed by atoms with van der Waals surface area (Å²) in [5.74, 6) is -0.555. The molecule has 0 saturated carbocycles. The minimum Gasteiger partial charge on any atom is -0.234 e. The second-order valence-electron chi connectivity index (χ2n) is 8.30. The summed E-state index contributed by atoms with van der Waals surface area (Å²) in [7, 11) is -7.49. The van der Waals surface area contributed by atoms with Crippen LogP contribution in [0, 0.1) is 11.7 Å². The summed E-state index contributed by atoms with van der Waals surface area (Å²) in [5, 5.41) is 0.330. The van der Waals surface area contributed by atoms with Crippen molar-refractivity contribution in [2.45, 2.75) is 23.6 Å². The number of fused-ring (bicyclic) bond motifs is 1. The van der Waals surface area contributed by atoms with E-state index in [9.17, 15) is 21.2 Å². The maximum absolute atomic E-state index is 14.0. The van der Waals surface area contributed by atoms with Gasteiger partial charge >= 0.3 is 0 Å². The van der Waals surface area contributed by atoms with Crippen molar-refractivity contribution in [2.24, 2.45) is 5.92 Å². The van der Waals surface area contributed by atoms with Gasteiger partial charge in [-0.1, -0.05) is 50.3 Å². The van der Waals surface area contributed by atoms with Gasteiger partial charge in [-0.15, -0.1) is 0 Å². The molecule has 0 fully saturated rings. The smallest absolute Gasteiger partial charge is 0.234 e. The van der Waals surface area contributed by atoms with E-state index in [2.05, 4.69) is 4.98 Å². The number of hydrogen-bond acceptors (Lipinski definition) is 5. The fraction of sp³-hybridized carbons (Fsp3) is 0.160. The molecule has 0 aliphatic rings. The summed E-state index contributed by atoms with van der Waals surface area (Å²) in [5.41, 5.74) is 1.59. The first-order chi connectivity index (χ1) is 16.0. The Balaban J connectivity index is 2.04. The SMILES string of the molecule is CC(C)/C=C(\c1ccc(S(C)(=O)=O)cc1)c1cc2cc(F)cnc2n1S(=O)(=O)c1ccccc1. The number of pyridine rings is 1. The monoisotopic (exact) mass is 498 g/mol. The molecule has 0 spiro atoms. The van der Waals surface area contributed by atoms with Crippen molar-refractivity contribution in [1.82, 2.24) is 8.96 Å². The zero-order valence-electron chi connectivity index (χ0n) is 18.8. The Morgan fingerprint density at radius 1 is 0.941 bits per heavy atom. The normalized spacial score (nSPS) is 13.0. The van der Waals surface area contributed by atoms with Crippen molar-refractivity contribution in [2.75, 3.05) is 6.26 Å². The van der Waals surface area contributed by atoms with E-state index in [0.717, 1.165) is 16.4 Å². The lowest BCUT2D eigenvalue weighted by atomic mass is 9.99. The molecule has 0 radical (unpaired) electrons. The molecular weight excluding hydrogens is 475 g/mol. The molecule has 2 heterocycles. The molecule has 0 saturated heterocycles. The van der Waals surface area contributed by atoms with Crippen molar-refractivity contribution in [1.29, 1.82) is 0 Å². The molecule has 0 unspecified atom stereocenters.